The van der Waals surface area contributed by atoms with Crippen LogP contribution in [0.25, 0.3) is 0 Å². The second kappa shape index (κ2) is 31.0. The summed E-state index contributed by atoms with van der Waals surface area (Å²) in [7, 11) is 0. The fraction of sp³-hybridized carbons (Fsp3) is 0.850. The maximum atomic E-state index is 6.29. The van der Waals surface area contributed by atoms with Crippen molar-refractivity contribution in [1.29, 1.82) is 0 Å². The first-order chi connectivity index (χ1) is 22.8. The molecule has 0 radical (unpaired) electrons. The molecule has 1 aromatic carbocycles. The van der Waals surface area contributed by atoms with Gasteiger partial charge < -0.3 is 18.9 Å². The second-order valence-corrected chi connectivity index (χ2v) is 13.4. The van der Waals surface area contributed by atoms with E-state index in [2.05, 4.69) is 23.6 Å². The molecule has 0 aliphatic carbocycles. The molecule has 1 aliphatic heterocycles. The van der Waals surface area contributed by atoms with Gasteiger partial charge in [0, 0.05) is 26.2 Å². The Labute approximate surface area is 285 Å². The Kier molecular flexibility index (Phi) is 27.5. The summed E-state index contributed by atoms with van der Waals surface area (Å²) in [5, 5.41) is 0. The van der Waals surface area contributed by atoms with Gasteiger partial charge in [0.15, 0.2) is 11.5 Å². The van der Waals surface area contributed by atoms with E-state index < -0.39 is 0 Å². The molecule has 2 rings (SSSR count). The van der Waals surface area contributed by atoms with Crippen molar-refractivity contribution in [3.8, 4) is 11.5 Å². The molecular formula is C40H74N2O4. The molecule has 0 unspecified atom stereocenters. The predicted molar refractivity (Wildman–Crippen MR) is 196 cm³/mol. The summed E-state index contributed by atoms with van der Waals surface area (Å²) in [6, 6.07) is 8.16. The topological polar surface area (TPSA) is 43.4 Å². The number of benzene rings is 1. The van der Waals surface area contributed by atoms with Gasteiger partial charge in [-0.05, 0) is 38.1 Å². The lowest BCUT2D eigenvalue weighted by Crippen LogP contribution is -2.34. The minimum Gasteiger partial charge on any atom is -0.488 e. The molecule has 0 fully saturated rings. The number of para-hydroxylation sites is 2. The first-order valence-corrected chi connectivity index (χ1v) is 19.8. The Morgan fingerprint density at radius 1 is 0.413 bits per heavy atom. The van der Waals surface area contributed by atoms with Gasteiger partial charge in [-0.2, -0.15) is 0 Å². The maximum absolute atomic E-state index is 6.29. The molecule has 0 saturated carbocycles. The fourth-order valence-corrected chi connectivity index (χ4v) is 6.28. The molecule has 0 amide bonds. The molecular weight excluding hydrogens is 572 g/mol. The molecule has 1 aliphatic rings. The third-order valence-electron chi connectivity index (χ3n) is 9.31. The van der Waals surface area contributed by atoms with E-state index in [1.54, 1.807) is 0 Å². The van der Waals surface area contributed by atoms with Gasteiger partial charge >= 0.3 is 0 Å². The van der Waals surface area contributed by atoms with E-state index in [1.807, 2.05) is 24.3 Å². The zero-order chi connectivity index (χ0) is 32.6. The Morgan fingerprint density at radius 2 is 0.739 bits per heavy atom. The van der Waals surface area contributed by atoms with Gasteiger partial charge in [0.25, 0.3) is 0 Å². The van der Waals surface area contributed by atoms with Crippen LogP contribution in [0.2, 0.25) is 0 Å². The van der Waals surface area contributed by atoms with Crippen molar-refractivity contribution in [2.45, 2.75) is 142 Å². The van der Waals surface area contributed by atoms with Crippen molar-refractivity contribution in [2.75, 3.05) is 78.9 Å². The third-order valence-corrected chi connectivity index (χ3v) is 9.31. The van der Waals surface area contributed by atoms with E-state index in [0.29, 0.717) is 26.4 Å². The van der Waals surface area contributed by atoms with E-state index in [4.69, 9.17) is 18.9 Å². The lowest BCUT2D eigenvalue weighted by Gasteiger charge is -2.24. The molecule has 46 heavy (non-hydrogen) atoms. The predicted octanol–water partition coefficient (Wildman–Crippen LogP) is 9.94. The number of hydrogen-bond donors (Lipinski definition) is 0. The monoisotopic (exact) mass is 647 g/mol. The number of ether oxygens (including phenoxy) is 4. The molecule has 0 saturated heterocycles. The van der Waals surface area contributed by atoms with Crippen LogP contribution in [0.3, 0.4) is 0 Å². The summed E-state index contributed by atoms with van der Waals surface area (Å²) in [6.07, 6.45) is 27.3. The Morgan fingerprint density at radius 3 is 1.11 bits per heavy atom. The van der Waals surface area contributed by atoms with Gasteiger partial charge in [0.1, 0.15) is 13.2 Å². The fourth-order valence-electron chi connectivity index (χ4n) is 6.28. The molecule has 0 bridgehead atoms. The minimum atomic E-state index is 0.659. The largest absolute Gasteiger partial charge is 0.488 e. The molecule has 1 aromatic rings. The lowest BCUT2D eigenvalue weighted by molar-refractivity contribution is 0.0282. The minimum absolute atomic E-state index is 0.659. The zero-order valence-corrected chi connectivity index (χ0v) is 30.5. The quantitative estimate of drug-likeness (QED) is 0.117. The SMILES string of the molecule is CCCCCCCCCCCCN1CCOCCOCCN(CCCCCCCCCCCC)CCOc2ccccc2OCC1. The number of unbranched alkanes of at least 4 members (excludes halogenated alkanes) is 18. The van der Waals surface area contributed by atoms with Crippen molar-refractivity contribution in [3.63, 3.8) is 0 Å². The highest BCUT2D eigenvalue weighted by molar-refractivity contribution is 5.39. The van der Waals surface area contributed by atoms with Crippen LogP contribution >= 0.6 is 0 Å². The van der Waals surface area contributed by atoms with Crippen LogP contribution in [0.15, 0.2) is 24.3 Å². The van der Waals surface area contributed by atoms with E-state index in [1.165, 1.54) is 128 Å². The Bertz CT molecular complexity index is 716. The molecule has 1 heterocycles. The van der Waals surface area contributed by atoms with Crippen molar-refractivity contribution in [2.24, 2.45) is 0 Å². The highest BCUT2D eigenvalue weighted by atomic mass is 16.5. The van der Waals surface area contributed by atoms with Crippen LogP contribution in [0.4, 0.5) is 0 Å². The van der Waals surface area contributed by atoms with Gasteiger partial charge in [-0.25, -0.2) is 0 Å². The standard InChI is InChI=1S/C40H74N2O4/c1-3-5-7-9-11-13-15-17-19-23-27-41-29-33-43-37-38-44-34-30-42(28-24-20-18-16-14-12-10-8-6-4-2)32-36-46-40-26-22-21-25-39(40)45-35-31-41/h21-22,25-26H,3-20,23-24,27-38H2,1-2H3. The van der Waals surface area contributed by atoms with Crippen molar-refractivity contribution in [1.82, 2.24) is 9.80 Å². The average Bonchev–Trinajstić information content (AvgIpc) is 3.07. The lowest BCUT2D eigenvalue weighted by atomic mass is 10.1. The molecule has 6 nitrogen and oxygen atoms in total. The highest BCUT2D eigenvalue weighted by Crippen LogP contribution is 2.26. The molecule has 0 atom stereocenters. The normalized spacial score (nSPS) is 16.7. The van der Waals surface area contributed by atoms with Gasteiger partial charge in [-0.15, -0.1) is 0 Å². The first-order valence-electron chi connectivity index (χ1n) is 19.8. The molecule has 0 N–H and O–H groups in total. The van der Waals surface area contributed by atoms with Crippen LogP contribution in [-0.4, -0.2) is 88.7 Å². The van der Waals surface area contributed by atoms with Crippen LogP contribution in [0.1, 0.15) is 142 Å². The van der Waals surface area contributed by atoms with E-state index in [-0.39, 0.29) is 0 Å². The molecule has 0 spiro atoms. The first kappa shape index (κ1) is 40.8. The van der Waals surface area contributed by atoms with Gasteiger partial charge in [0.05, 0.1) is 26.4 Å². The molecule has 0 aromatic heterocycles. The van der Waals surface area contributed by atoms with E-state index in [9.17, 15) is 0 Å². The smallest absolute Gasteiger partial charge is 0.161 e. The summed E-state index contributed by atoms with van der Waals surface area (Å²) in [5.74, 6) is 1.70. The summed E-state index contributed by atoms with van der Waals surface area (Å²) in [5.41, 5.74) is 0. The number of rotatable bonds is 22. The second-order valence-electron chi connectivity index (χ2n) is 13.4. The van der Waals surface area contributed by atoms with Gasteiger partial charge in [0.2, 0.25) is 0 Å². The van der Waals surface area contributed by atoms with Crippen molar-refractivity contribution >= 4 is 0 Å². The highest BCUT2D eigenvalue weighted by Gasteiger charge is 2.11. The number of fused-ring (bicyclic) bond motifs is 1. The third kappa shape index (κ3) is 23.1. The number of nitrogens with zero attached hydrogens (tertiary/aromatic N) is 2. The maximum Gasteiger partial charge on any atom is 0.161 e. The van der Waals surface area contributed by atoms with E-state index in [0.717, 1.165) is 64.0 Å². The van der Waals surface area contributed by atoms with Gasteiger partial charge in [-0.1, -0.05) is 142 Å². The Balaban J connectivity index is 1.72. The summed E-state index contributed by atoms with van der Waals surface area (Å²) in [6.45, 7) is 14.6. The van der Waals surface area contributed by atoms with Crippen LogP contribution in [0, 0.1) is 0 Å². The summed E-state index contributed by atoms with van der Waals surface area (Å²) in [4.78, 5) is 5.01. The van der Waals surface area contributed by atoms with Gasteiger partial charge in [-0.3, -0.25) is 9.80 Å². The number of hydrogen-bond acceptors (Lipinski definition) is 6. The van der Waals surface area contributed by atoms with Crippen molar-refractivity contribution in [3.05, 3.63) is 24.3 Å². The van der Waals surface area contributed by atoms with Crippen LogP contribution < -0.4 is 9.47 Å². The Hall–Kier alpha value is -1.34. The molecule has 268 valence electrons. The average molecular weight is 647 g/mol. The van der Waals surface area contributed by atoms with E-state index >= 15 is 0 Å². The van der Waals surface area contributed by atoms with Crippen LogP contribution in [-0.2, 0) is 9.47 Å². The van der Waals surface area contributed by atoms with Crippen LogP contribution in [0.5, 0.6) is 11.5 Å². The summed E-state index contributed by atoms with van der Waals surface area (Å²) < 4.78 is 24.6. The summed E-state index contributed by atoms with van der Waals surface area (Å²) >= 11 is 0. The van der Waals surface area contributed by atoms with Crippen molar-refractivity contribution < 1.29 is 18.9 Å². The molecule has 6 heteroatoms. The zero-order valence-electron chi connectivity index (χ0n) is 30.5.